The standard InChI is InChI=1S/C17H19F2NO/c1-12-6-5-7-14(10-12)11-20-13(2)15-8-3-4-9-16(15)21-17(18)19/h3-10,13,17,20H,11H2,1-2H3. The van der Waals surface area contributed by atoms with Gasteiger partial charge in [-0.05, 0) is 25.5 Å². The van der Waals surface area contributed by atoms with Gasteiger partial charge in [-0.15, -0.1) is 0 Å². The van der Waals surface area contributed by atoms with E-state index in [1.54, 1.807) is 18.2 Å². The lowest BCUT2D eigenvalue weighted by molar-refractivity contribution is -0.0506. The normalized spacial score (nSPS) is 12.4. The molecule has 0 saturated heterocycles. The van der Waals surface area contributed by atoms with Crippen LogP contribution in [0.3, 0.4) is 0 Å². The van der Waals surface area contributed by atoms with Crippen LogP contribution in [0.25, 0.3) is 0 Å². The number of para-hydroxylation sites is 1. The van der Waals surface area contributed by atoms with Gasteiger partial charge in [-0.25, -0.2) is 0 Å². The molecule has 2 rings (SSSR count). The Balaban J connectivity index is 2.04. The van der Waals surface area contributed by atoms with Crippen molar-refractivity contribution in [3.8, 4) is 5.75 Å². The largest absolute Gasteiger partial charge is 0.434 e. The lowest BCUT2D eigenvalue weighted by atomic mass is 10.1. The highest BCUT2D eigenvalue weighted by molar-refractivity contribution is 5.35. The fourth-order valence-corrected chi connectivity index (χ4v) is 2.24. The second-order valence-electron chi connectivity index (χ2n) is 5.01. The van der Waals surface area contributed by atoms with Crippen LogP contribution < -0.4 is 10.1 Å². The fraction of sp³-hybridized carbons (Fsp3) is 0.294. The van der Waals surface area contributed by atoms with Gasteiger partial charge in [0.25, 0.3) is 0 Å². The van der Waals surface area contributed by atoms with Gasteiger partial charge in [-0.3, -0.25) is 0 Å². The minimum atomic E-state index is -2.81. The number of aryl methyl sites for hydroxylation is 1. The number of hydrogen-bond donors (Lipinski definition) is 1. The Morgan fingerprint density at radius 2 is 1.86 bits per heavy atom. The van der Waals surface area contributed by atoms with Crippen molar-refractivity contribution in [2.45, 2.75) is 33.0 Å². The summed E-state index contributed by atoms with van der Waals surface area (Å²) in [6.45, 7) is 1.84. The lowest BCUT2D eigenvalue weighted by Crippen LogP contribution is -2.19. The van der Waals surface area contributed by atoms with E-state index < -0.39 is 6.61 Å². The minimum Gasteiger partial charge on any atom is -0.434 e. The van der Waals surface area contributed by atoms with E-state index in [4.69, 9.17) is 0 Å². The molecule has 0 bridgehead atoms. The molecule has 0 heterocycles. The fourth-order valence-electron chi connectivity index (χ4n) is 2.24. The molecule has 2 nitrogen and oxygen atoms in total. The van der Waals surface area contributed by atoms with Gasteiger partial charge >= 0.3 is 6.61 Å². The minimum absolute atomic E-state index is 0.0829. The molecule has 0 saturated carbocycles. The number of ether oxygens (including phenoxy) is 1. The third kappa shape index (κ3) is 4.53. The monoisotopic (exact) mass is 291 g/mol. The zero-order valence-corrected chi connectivity index (χ0v) is 12.1. The van der Waals surface area contributed by atoms with Crippen LogP contribution >= 0.6 is 0 Å². The molecule has 0 aliphatic carbocycles. The average Bonchev–Trinajstić information content (AvgIpc) is 2.45. The maximum Gasteiger partial charge on any atom is 0.387 e. The summed E-state index contributed by atoms with van der Waals surface area (Å²) in [7, 11) is 0. The lowest BCUT2D eigenvalue weighted by Gasteiger charge is -2.18. The van der Waals surface area contributed by atoms with Crippen molar-refractivity contribution in [1.82, 2.24) is 5.32 Å². The smallest absolute Gasteiger partial charge is 0.387 e. The molecule has 2 aromatic rings. The van der Waals surface area contributed by atoms with Crippen molar-refractivity contribution in [2.24, 2.45) is 0 Å². The summed E-state index contributed by atoms with van der Waals surface area (Å²) in [6, 6.07) is 15.0. The van der Waals surface area contributed by atoms with E-state index in [1.165, 1.54) is 5.56 Å². The molecule has 0 radical (unpaired) electrons. The van der Waals surface area contributed by atoms with Crippen molar-refractivity contribution in [3.63, 3.8) is 0 Å². The van der Waals surface area contributed by atoms with Crippen LogP contribution in [0.1, 0.15) is 29.7 Å². The molecule has 0 fully saturated rings. The Kier molecular flexibility index (Phi) is 5.28. The van der Waals surface area contributed by atoms with Crippen LogP contribution in [0.2, 0.25) is 0 Å². The predicted octanol–water partition coefficient (Wildman–Crippen LogP) is 4.45. The quantitative estimate of drug-likeness (QED) is 0.849. The summed E-state index contributed by atoms with van der Waals surface area (Å²) < 4.78 is 29.4. The van der Waals surface area contributed by atoms with E-state index in [0.717, 1.165) is 11.1 Å². The molecule has 1 atom stereocenters. The van der Waals surface area contributed by atoms with Crippen LogP contribution in [-0.2, 0) is 6.54 Å². The summed E-state index contributed by atoms with van der Waals surface area (Å²) in [5.74, 6) is 0.219. The van der Waals surface area contributed by atoms with Crippen LogP contribution in [0.4, 0.5) is 8.78 Å². The van der Waals surface area contributed by atoms with Gasteiger partial charge in [-0.2, -0.15) is 8.78 Å². The first-order chi connectivity index (χ1) is 10.1. The molecule has 4 heteroatoms. The number of halogens is 2. The molecule has 21 heavy (non-hydrogen) atoms. The summed E-state index contributed by atoms with van der Waals surface area (Å²) in [5, 5.41) is 3.33. The SMILES string of the molecule is Cc1cccc(CNC(C)c2ccccc2OC(F)F)c1. The zero-order valence-electron chi connectivity index (χ0n) is 12.1. The van der Waals surface area contributed by atoms with Gasteiger partial charge < -0.3 is 10.1 Å². The summed E-state index contributed by atoms with van der Waals surface area (Å²) in [6.07, 6.45) is 0. The van der Waals surface area contributed by atoms with Gasteiger partial charge in [0.1, 0.15) is 5.75 Å². The Hall–Kier alpha value is -1.94. The first-order valence-corrected chi connectivity index (χ1v) is 6.89. The van der Waals surface area contributed by atoms with Crippen molar-refractivity contribution in [2.75, 3.05) is 0 Å². The molecular formula is C17H19F2NO. The summed E-state index contributed by atoms with van der Waals surface area (Å²) in [4.78, 5) is 0. The molecule has 0 amide bonds. The topological polar surface area (TPSA) is 21.3 Å². The first kappa shape index (κ1) is 15.4. The number of hydrogen-bond acceptors (Lipinski definition) is 2. The average molecular weight is 291 g/mol. The van der Waals surface area contributed by atoms with Crippen molar-refractivity contribution < 1.29 is 13.5 Å². The second kappa shape index (κ2) is 7.18. The predicted molar refractivity (Wildman–Crippen MR) is 79.5 cm³/mol. The van der Waals surface area contributed by atoms with E-state index in [2.05, 4.69) is 16.1 Å². The van der Waals surface area contributed by atoms with Crippen LogP contribution in [0.15, 0.2) is 48.5 Å². The molecule has 0 aromatic heterocycles. The van der Waals surface area contributed by atoms with E-state index in [1.807, 2.05) is 38.1 Å². The van der Waals surface area contributed by atoms with Crippen LogP contribution in [0, 0.1) is 6.92 Å². The Labute approximate surface area is 123 Å². The van der Waals surface area contributed by atoms with Gasteiger partial charge in [0.05, 0.1) is 0 Å². The van der Waals surface area contributed by atoms with Crippen molar-refractivity contribution in [1.29, 1.82) is 0 Å². The molecule has 1 unspecified atom stereocenters. The van der Waals surface area contributed by atoms with E-state index in [9.17, 15) is 8.78 Å². The highest BCUT2D eigenvalue weighted by Crippen LogP contribution is 2.26. The Morgan fingerprint density at radius 1 is 1.10 bits per heavy atom. The third-order valence-corrected chi connectivity index (χ3v) is 3.30. The highest BCUT2D eigenvalue weighted by Gasteiger charge is 2.14. The van der Waals surface area contributed by atoms with Crippen molar-refractivity contribution >= 4 is 0 Å². The number of nitrogens with one attached hydrogen (secondary N) is 1. The van der Waals surface area contributed by atoms with Crippen molar-refractivity contribution in [3.05, 3.63) is 65.2 Å². The van der Waals surface area contributed by atoms with Crippen LogP contribution in [0.5, 0.6) is 5.75 Å². The van der Waals surface area contributed by atoms with Crippen LogP contribution in [-0.4, -0.2) is 6.61 Å². The van der Waals surface area contributed by atoms with Gasteiger partial charge in [-0.1, -0.05) is 48.0 Å². The number of benzene rings is 2. The molecular weight excluding hydrogens is 272 g/mol. The van der Waals surface area contributed by atoms with Gasteiger partial charge in [0, 0.05) is 18.2 Å². The summed E-state index contributed by atoms with van der Waals surface area (Å²) >= 11 is 0. The van der Waals surface area contributed by atoms with E-state index >= 15 is 0 Å². The van der Waals surface area contributed by atoms with Gasteiger partial charge in [0.15, 0.2) is 0 Å². The maximum atomic E-state index is 12.4. The molecule has 1 N–H and O–H groups in total. The number of alkyl halides is 2. The molecule has 2 aromatic carbocycles. The summed E-state index contributed by atoms with van der Waals surface area (Å²) in [5.41, 5.74) is 3.09. The molecule has 0 aliphatic heterocycles. The second-order valence-corrected chi connectivity index (χ2v) is 5.01. The maximum absolute atomic E-state index is 12.4. The Morgan fingerprint density at radius 3 is 2.57 bits per heavy atom. The van der Waals surface area contributed by atoms with Gasteiger partial charge in [0.2, 0.25) is 0 Å². The molecule has 112 valence electrons. The number of rotatable bonds is 6. The molecule has 0 spiro atoms. The van der Waals surface area contributed by atoms with E-state index in [-0.39, 0.29) is 11.8 Å². The third-order valence-electron chi connectivity index (χ3n) is 3.30. The highest BCUT2D eigenvalue weighted by atomic mass is 19.3. The zero-order chi connectivity index (χ0) is 15.2. The first-order valence-electron chi connectivity index (χ1n) is 6.89. The Bertz CT molecular complexity index is 587. The molecule has 0 aliphatic rings. The van der Waals surface area contributed by atoms with E-state index in [0.29, 0.717) is 6.54 Å².